The molecule has 0 atom stereocenters. The van der Waals surface area contributed by atoms with E-state index >= 15 is 0 Å². The van der Waals surface area contributed by atoms with E-state index < -0.39 is 0 Å². The van der Waals surface area contributed by atoms with E-state index in [1.165, 1.54) is 0 Å². The van der Waals surface area contributed by atoms with Crippen molar-refractivity contribution in [3.05, 3.63) is 36.7 Å². The SMILES string of the molecule is COc1cncc(-c2nc3cc(OC)ccc3n2C)c1. The highest BCUT2D eigenvalue weighted by Crippen LogP contribution is 2.27. The van der Waals surface area contributed by atoms with E-state index in [1.807, 2.05) is 35.9 Å². The summed E-state index contributed by atoms with van der Waals surface area (Å²) >= 11 is 0. The second kappa shape index (κ2) is 4.85. The van der Waals surface area contributed by atoms with Gasteiger partial charge in [0, 0.05) is 24.9 Å². The predicted molar refractivity (Wildman–Crippen MR) is 77.0 cm³/mol. The minimum absolute atomic E-state index is 0.715. The molecule has 0 aliphatic carbocycles. The fourth-order valence-corrected chi connectivity index (χ4v) is 2.22. The van der Waals surface area contributed by atoms with Crippen LogP contribution in [0, 0.1) is 0 Å². The molecule has 0 saturated carbocycles. The lowest BCUT2D eigenvalue weighted by molar-refractivity contribution is 0.413. The van der Waals surface area contributed by atoms with E-state index in [0.717, 1.165) is 28.2 Å². The molecule has 5 nitrogen and oxygen atoms in total. The minimum Gasteiger partial charge on any atom is -0.497 e. The van der Waals surface area contributed by atoms with Crippen LogP contribution in [0.25, 0.3) is 22.4 Å². The van der Waals surface area contributed by atoms with Crippen LogP contribution in [0.15, 0.2) is 36.7 Å². The number of benzene rings is 1. The number of ether oxygens (including phenoxy) is 2. The molecule has 0 N–H and O–H groups in total. The zero-order valence-corrected chi connectivity index (χ0v) is 11.6. The van der Waals surface area contributed by atoms with Crippen LogP contribution in [0.1, 0.15) is 0 Å². The van der Waals surface area contributed by atoms with Gasteiger partial charge in [-0.2, -0.15) is 0 Å². The van der Waals surface area contributed by atoms with E-state index in [-0.39, 0.29) is 0 Å². The summed E-state index contributed by atoms with van der Waals surface area (Å²) in [5.41, 5.74) is 2.86. The smallest absolute Gasteiger partial charge is 0.142 e. The molecule has 20 heavy (non-hydrogen) atoms. The Morgan fingerprint density at radius 1 is 1.00 bits per heavy atom. The first-order chi connectivity index (χ1) is 9.72. The third kappa shape index (κ3) is 1.97. The third-order valence-electron chi connectivity index (χ3n) is 3.30. The van der Waals surface area contributed by atoms with Crippen molar-refractivity contribution in [2.24, 2.45) is 7.05 Å². The summed E-state index contributed by atoms with van der Waals surface area (Å²) in [6.07, 6.45) is 3.45. The first kappa shape index (κ1) is 12.5. The Morgan fingerprint density at radius 2 is 1.80 bits per heavy atom. The maximum absolute atomic E-state index is 5.23. The molecule has 0 spiro atoms. The molecule has 3 aromatic rings. The number of hydrogen-bond acceptors (Lipinski definition) is 4. The molecule has 0 saturated heterocycles. The van der Waals surface area contributed by atoms with Crippen LogP contribution in [-0.4, -0.2) is 28.8 Å². The van der Waals surface area contributed by atoms with Gasteiger partial charge in [0.05, 0.1) is 31.4 Å². The van der Waals surface area contributed by atoms with Gasteiger partial charge in [0.2, 0.25) is 0 Å². The average Bonchev–Trinajstić information content (AvgIpc) is 2.83. The second-order valence-corrected chi connectivity index (χ2v) is 4.46. The number of nitrogens with zero attached hydrogens (tertiary/aromatic N) is 3. The van der Waals surface area contributed by atoms with Gasteiger partial charge in [-0.25, -0.2) is 4.98 Å². The normalized spacial score (nSPS) is 10.8. The van der Waals surface area contributed by atoms with E-state index in [0.29, 0.717) is 5.75 Å². The van der Waals surface area contributed by atoms with E-state index in [1.54, 1.807) is 26.6 Å². The Hall–Kier alpha value is -2.56. The van der Waals surface area contributed by atoms with Crippen molar-refractivity contribution in [3.63, 3.8) is 0 Å². The minimum atomic E-state index is 0.715. The summed E-state index contributed by atoms with van der Waals surface area (Å²) in [5, 5.41) is 0. The maximum Gasteiger partial charge on any atom is 0.142 e. The number of methoxy groups -OCH3 is 2. The summed E-state index contributed by atoms with van der Waals surface area (Å²) in [5.74, 6) is 2.36. The number of hydrogen-bond donors (Lipinski definition) is 0. The van der Waals surface area contributed by atoms with Crippen LogP contribution in [0.5, 0.6) is 11.5 Å². The molecule has 0 bridgehead atoms. The first-order valence-electron chi connectivity index (χ1n) is 6.23. The molecule has 0 amide bonds. The lowest BCUT2D eigenvalue weighted by Crippen LogP contribution is -1.94. The average molecular weight is 269 g/mol. The Kier molecular flexibility index (Phi) is 3.02. The van der Waals surface area contributed by atoms with Crippen LogP contribution in [-0.2, 0) is 7.05 Å². The molecular formula is C15H15N3O2. The highest BCUT2D eigenvalue weighted by atomic mass is 16.5. The zero-order valence-electron chi connectivity index (χ0n) is 11.6. The van der Waals surface area contributed by atoms with Crippen LogP contribution in [0.4, 0.5) is 0 Å². The van der Waals surface area contributed by atoms with E-state index in [2.05, 4.69) is 9.97 Å². The molecule has 0 unspecified atom stereocenters. The lowest BCUT2D eigenvalue weighted by atomic mass is 10.2. The third-order valence-corrected chi connectivity index (χ3v) is 3.30. The van der Waals surface area contributed by atoms with E-state index in [4.69, 9.17) is 9.47 Å². The van der Waals surface area contributed by atoms with Crippen molar-refractivity contribution in [1.82, 2.24) is 14.5 Å². The largest absolute Gasteiger partial charge is 0.497 e. The molecule has 5 heteroatoms. The number of aryl methyl sites for hydroxylation is 1. The Labute approximate surface area is 116 Å². The first-order valence-corrected chi connectivity index (χ1v) is 6.23. The van der Waals surface area contributed by atoms with E-state index in [9.17, 15) is 0 Å². The fraction of sp³-hybridized carbons (Fsp3) is 0.200. The topological polar surface area (TPSA) is 49.2 Å². The van der Waals surface area contributed by atoms with Gasteiger partial charge in [0.25, 0.3) is 0 Å². The van der Waals surface area contributed by atoms with Gasteiger partial charge in [0.15, 0.2) is 0 Å². The second-order valence-electron chi connectivity index (χ2n) is 4.46. The summed E-state index contributed by atoms with van der Waals surface area (Å²) in [6, 6.07) is 7.77. The van der Waals surface area contributed by atoms with Gasteiger partial charge in [-0.15, -0.1) is 0 Å². The molecule has 0 aliphatic heterocycles. The highest BCUT2D eigenvalue weighted by molar-refractivity contribution is 5.81. The van der Waals surface area contributed by atoms with Gasteiger partial charge in [-0.1, -0.05) is 0 Å². The number of rotatable bonds is 3. The van der Waals surface area contributed by atoms with Crippen molar-refractivity contribution in [2.45, 2.75) is 0 Å². The Morgan fingerprint density at radius 3 is 2.55 bits per heavy atom. The quantitative estimate of drug-likeness (QED) is 0.733. The number of aromatic nitrogens is 3. The fourth-order valence-electron chi connectivity index (χ4n) is 2.22. The molecule has 2 heterocycles. The molecular weight excluding hydrogens is 254 g/mol. The molecule has 102 valence electrons. The van der Waals surface area contributed by atoms with Gasteiger partial charge in [-0.05, 0) is 18.2 Å². The van der Waals surface area contributed by atoms with Crippen molar-refractivity contribution in [2.75, 3.05) is 14.2 Å². The van der Waals surface area contributed by atoms with Crippen LogP contribution >= 0.6 is 0 Å². The predicted octanol–water partition coefficient (Wildman–Crippen LogP) is 2.65. The Balaban J connectivity index is 2.18. The van der Waals surface area contributed by atoms with Crippen molar-refractivity contribution in [3.8, 4) is 22.9 Å². The van der Waals surface area contributed by atoms with Gasteiger partial charge >= 0.3 is 0 Å². The summed E-state index contributed by atoms with van der Waals surface area (Å²) in [4.78, 5) is 8.83. The molecule has 2 aromatic heterocycles. The highest BCUT2D eigenvalue weighted by Gasteiger charge is 2.11. The van der Waals surface area contributed by atoms with Gasteiger partial charge in [0.1, 0.15) is 17.3 Å². The zero-order chi connectivity index (χ0) is 14.1. The van der Waals surface area contributed by atoms with Gasteiger partial charge in [-0.3, -0.25) is 4.98 Å². The number of imidazole rings is 1. The molecule has 3 rings (SSSR count). The molecule has 0 aliphatic rings. The molecule has 1 aromatic carbocycles. The summed E-state index contributed by atoms with van der Waals surface area (Å²) < 4.78 is 12.5. The standard InChI is InChI=1S/C15H15N3O2/c1-18-14-5-4-11(19-2)7-13(14)17-15(18)10-6-12(20-3)9-16-8-10/h4-9H,1-3H3. The lowest BCUT2D eigenvalue weighted by Gasteiger charge is -2.04. The Bertz CT molecular complexity index is 765. The summed E-state index contributed by atoms with van der Waals surface area (Å²) in [7, 11) is 5.26. The van der Waals surface area contributed by atoms with Crippen molar-refractivity contribution < 1.29 is 9.47 Å². The number of fused-ring (bicyclic) bond motifs is 1. The van der Waals surface area contributed by atoms with Gasteiger partial charge < -0.3 is 14.0 Å². The van der Waals surface area contributed by atoms with Crippen molar-refractivity contribution >= 4 is 11.0 Å². The number of pyridine rings is 1. The van der Waals surface area contributed by atoms with Crippen LogP contribution in [0.2, 0.25) is 0 Å². The van der Waals surface area contributed by atoms with Crippen LogP contribution < -0.4 is 9.47 Å². The molecule has 0 radical (unpaired) electrons. The summed E-state index contributed by atoms with van der Waals surface area (Å²) in [6.45, 7) is 0. The monoisotopic (exact) mass is 269 g/mol. The maximum atomic E-state index is 5.23. The van der Waals surface area contributed by atoms with Crippen LogP contribution in [0.3, 0.4) is 0 Å². The van der Waals surface area contributed by atoms with Crippen molar-refractivity contribution in [1.29, 1.82) is 0 Å². The molecule has 0 fully saturated rings.